The van der Waals surface area contributed by atoms with Crippen LogP contribution in [0.3, 0.4) is 0 Å². The van der Waals surface area contributed by atoms with Crippen LogP contribution in [0.15, 0.2) is 23.1 Å². The van der Waals surface area contributed by atoms with E-state index in [1.54, 1.807) is 6.07 Å². The van der Waals surface area contributed by atoms with E-state index in [1.807, 2.05) is 26.0 Å². The lowest BCUT2D eigenvalue weighted by Gasteiger charge is -2.34. The molecule has 1 aromatic rings. The van der Waals surface area contributed by atoms with Gasteiger partial charge in [-0.05, 0) is 56.8 Å². The molecule has 0 atom stereocenters. The van der Waals surface area contributed by atoms with Crippen LogP contribution in [0.4, 0.5) is 0 Å². The summed E-state index contributed by atoms with van der Waals surface area (Å²) in [5.41, 5.74) is 1.93. The van der Waals surface area contributed by atoms with E-state index in [2.05, 4.69) is 17.0 Å². The highest BCUT2D eigenvalue weighted by molar-refractivity contribution is 7.89. The van der Waals surface area contributed by atoms with Crippen LogP contribution >= 0.6 is 12.4 Å². The van der Waals surface area contributed by atoms with Gasteiger partial charge in [-0.25, -0.2) is 13.1 Å². The van der Waals surface area contributed by atoms with E-state index in [4.69, 9.17) is 0 Å². The molecule has 0 aromatic heterocycles. The lowest BCUT2D eigenvalue weighted by molar-refractivity contribution is 0.232. The van der Waals surface area contributed by atoms with Crippen molar-refractivity contribution in [3.05, 3.63) is 29.3 Å². The van der Waals surface area contributed by atoms with E-state index in [9.17, 15) is 8.42 Å². The zero-order chi connectivity index (χ0) is 14.8. The summed E-state index contributed by atoms with van der Waals surface area (Å²) in [4.78, 5) is 0.389. The first kappa shape index (κ1) is 18.4. The van der Waals surface area contributed by atoms with Gasteiger partial charge in [-0.1, -0.05) is 24.6 Å². The van der Waals surface area contributed by atoms with Gasteiger partial charge >= 0.3 is 0 Å². The predicted molar refractivity (Wildman–Crippen MR) is 88.6 cm³/mol. The summed E-state index contributed by atoms with van der Waals surface area (Å²) < 4.78 is 27.6. The monoisotopic (exact) mass is 332 g/mol. The van der Waals surface area contributed by atoms with E-state index < -0.39 is 10.0 Å². The Labute approximate surface area is 134 Å². The summed E-state index contributed by atoms with van der Waals surface area (Å²) in [6, 6.07) is 5.44. The van der Waals surface area contributed by atoms with Gasteiger partial charge in [-0.2, -0.15) is 0 Å². The minimum Gasteiger partial charge on any atom is -0.317 e. The maximum Gasteiger partial charge on any atom is 0.240 e. The first-order valence-corrected chi connectivity index (χ1v) is 8.58. The van der Waals surface area contributed by atoms with Crippen molar-refractivity contribution in [3.8, 4) is 0 Å². The van der Waals surface area contributed by atoms with Gasteiger partial charge in [0.05, 0.1) is 4.90 Å². The molecule has 120 valence electrons. The Bertz CT molecular complexity index is 581. The van der Waals surface area contributed by atoms with Crippen molar-refractivity contribution in [1.82, 2.24) is 10.0 Å². The second-order valence-electron chi connectivity index (χ2n) is 6.15. The molecule has 1 aliphatic rings. The average Bonchev–Trinajstić information content (AvgIpc) is 2.37. The molecule has 0 spiro atoms. The van der Waals surface area contributed by atoms with Crippen LogP contribution in [-0.4, -0.2) is 28.1 Å². The van der Waals surface area contributed by atoms with Crippen molar-refractivity contribution < 1.29 is 8.42 Å². The summed E-state index contributed by atoms with van der Waals surface area (Å²) >= 11 is 0. The van der Waals surface area contributed by atoms with Crippen molar-refractivity contribution in [1.29, 1.82) is 0 Å². The fourth-order valence-electron chi connectivity index (χ4n) is 2.65. The van der Waals surface area contributed by atoms with E-state index in [0.29, 0.717) is 11.4 Å². The highest BCUT2D eigenvalue weighted by Crippen LogP contribution is 2.27. The molecule has 1 aromatic carbocycles. The SMILES string of the molecule is Cc1ccc(S(=O)(=O)NCC2(C)CCNCC2)c(C)c1.Cl. The number of halogens is 1. The largest absolute Gasteiger partial charge is 0.317 e. The fourth-order valence-corrected chi connectivity index (χ4v) is 4.08. The minimum atomic E-state index is -3.42. The van der Waals surface area contributed by atoms with Crippen LogP contribution in [0.2, 0.25) is 0 Å². The number of hydrogen-bond acceptors (Lipinski definition) is 3. The number of sulfonamides is 1. The summed E-state index contributed by atoms with van der Waals surface area (Å²) in [5, 5.41) is 3.31. The molecule has 2 N–H and O–H groups in total. The van der Waals surface area contributed by atoms with Crippen molar-refractivity contribution in [3.63, 3.8) is 0 Å². The average molecular weight is 333 g/mol. The quantitative estimate of drug-likeness (QED) is 0.890. The molecule has 1 heterocycles. The number of rotatable bonds is 4. The number of benzene rings is 1. The van der Waals surface area contributed by atoms with E-state index in [1.165, 1.54) is 0 Å². The molecule has 0 amide bonds. The number of aryl methyl sites for hydroxylation is 2. The van der Waals surface area contributed by atoms with Crippen LogP contribution in [0, 0.1) is 19.3 Å². The van der Waals surface area contributed by atoms with Crippen molar-refractivity contribution >= 4 is 22.4 Å². The number of nitrogens with one attached hydrogen (secondary N) is 2. The normalized spacial score (nSPS) is 18.0. The Morgan fingerprint density at radius 2 is 1.86 bits per heavy atom. The van der Waals surface area contributed by atoms with Gasteiger partial charge in [-0.15, -0.1) is 12.4 Å². The molecule has 4 nitrogen and oxygen atoms in total. The van der Waals surface area contributed by atoms with E-state index in [0.717, 1.165) is 37.1 Å². The number of hydrogen-bond donors (Lipinski definition) is 2. The molecule has 21 heavy (non-hydrogen) atoms. The molecular weight excluding hydrogens is 308 g/mol. The minimum absolute atomic E-state index is 0. The lowest BCUT2D eigenvalue weighted by atomic mass is 9.81. The summed E-state index contributed by atoms with van der Waals surface area (Å²) in [6.07, 6.45) is 2.00. The molecule has 0 bridgehead atoms. The van der Waals surface area contributed by atoms with Crippen molar-refractivity contribution in [2.24, 2.45) is 5.41 Å². The highest BCUT2D eigenvalue weighted by Gasteiger charge is 2.29. The second kappa shape index (κ2) is 7.09. The van der Waals surface area contributed by atoms with Crippen LogP contribution < -0.4 is 10.0 Å². The van der Waals surface area contributed by atoms with Gasteiger partial charge in [0, 0.05) is 6.54 Å². The van der Waals surface area contributed by atoms with Crippen molar-refractivity contribution in [2.75, 3.05) is 19.6 Å². The van der Waals surface area contributed by atoms with Gasteiger partial charge in [0.1, 0.15) is 0 Å². The van der Waals surface area contributed by atoms with Gasteiger partial charge in [0.15, 0.2) is 0 Å². The summed E-state index contributed by atoms with van der Waals surface area (Å²) in [5.74, 6) is 0. The third-order valence-corrected chi connectivity index (χ3v) is 5.68. The first-order valence-electron chi connectivity index (χ1n) is 7.10. The molecule has 1 fully saturated rings. The topological polar surface area (TPSA) is 58.2 Å². The van der Waals surface area contributed by atoms with Crippen LogP contribution in [0.5, 0.6) is 0 Å². The second-order valence-corrected chi connectivity index (χ2v) is 7.89. The zero-order valence-corrected chi connectivity index (χ0v) is 14.5. The summed E-state index contributed by atoms with van der Waals surface area (Å²) in [7, 11) is -3.42. The first-order chi connectivity index (χ1) is 9.32. The maximum absolute atomic E-state index is 12.4. The van der Waals surface area contributed by atoms with Crippen molar-refractivity contribution in [2.45, 2.75) is 38.5 Å². The third-order valence-electron chi connectivity index (χ3n) is 4.12. The third kappa shape index (κ3) is 4.68. The molecule has 2 rings (SSSR count). The molecule has 1 aliphatic heterocycles. The predicted octanol–water partition coefficient (Wildman–Crippen LogP) is 2.39. The Morgan fingerprint density at radius 1 is 1.24 bits per heavy atom. The Hall–Kier alpha value is -0.620. The molecular formula is C15H25ClN2O2S. The van der Waals surface area contributed by atoms with Gasteiger partial charge < -0.3 is 5.32 Å². The van der Waals surface area contributed by atoms with E-state index in [-0.39, 0.29) is 17.8 Å². The summed E-state index contributed by atoms with van der Waals surface area (Å²) in [6.45, 7) is 8.38. The molecule has 0 unspecified atom stereocenters. The van der Waals surface area contributed by atoms with Gasteiger partial charge in [-0.3, -0.25) is 0 Å². The Balaban J connectivity index is 0.00000220. The van der Waals surface area contributed by atoms with Gasteiger partial charge in [0.2, 0.25) is 10.0 Å². The smallest absolute Gasteiger partial charge is 0.240 e. The van der Waals surface area contributed by atoms with Crippen LogP contribution in [-0.2, 0) is 10.0 Å². The van der Waals surface area contributed by atoms with Crippen LogP contribution in [0.1, 0.15) is 30.9 Å². The fraction of sp³-hybridized carbons (Fsp3) is 0.600. The molecule has 1 saturated heterocycles. The Kier molecular flexibility index (Phi) is 6.23. The van der Waals surface area contributed by atoms with Crippen LogP contribution in [0.25, 0.3) is 0 Å². The molecule has 6 heteroatoms. The molecule has 0 aliphatic carbocycles. The number of piperidine rings is 1. The van der Waals surface area contributed by atoms with Gasteiger partial charge in [0.25, 0.3) is 0 Å². The molecule has 0 radical (unpaired) electrons. The van der Waals surface area contributed by atoms with E-state index >= 15 is 0 Å². The molecule has 0 saturated carbocycles. The Morgan fingerprint density at radius 3 is 2.43 bits per heavy atom. The standard InChI is InChI=1S/C15H24N2O2S.ClH/c1-12-4-5-14(13(2)10-12)20(18,19)17-11-15(3)6-8-16-9-7-15;/h4-5,10,16-17H,6-9,11H2,1-3H3;1H. The zero-order valence-electron chi connectivity index (χ0n) is 12.9. The lowest BCUT2D eigenvalue weighted by Crippen LogP contribution is -2.42. The highest BCUT2D eigenvalue weighted by atomic mass is 35.5. The maximum atomic E-state index is 12.4.